The van der Waals surface area contributed by atoms with E-state index in [1.165, 1.54) is 15.6 Å². The number of morpholine rings is 1. The van der Waals surface area contributed by atoms with E-state index >= 15 is 0 Å². The number of imidazole rings is 1. The number of aromatic nitrogens is 3. The first-order valence-corrected chi connectivity index (χ1v) is 10.3. The molecule has 3 heterocycles. The summed E-state index contributed by atoms with van der Waals surface area (Å²) in [6.07, 6.45) is 1.92. The zero-order valence-electron chi connectivity index (χ0n) is 14.2. The zero-order valence-corrected chi connectivity index (χ0v) is 15.8. The van der Waals surface area contributed by atoms with Gasteiger partial charge in [0.15, 0.2) is 0 Å². The van der Waals surface area contributed by atoms with Crippen molar-refractivity contribution < 1.29 is 13.2 Å². The van der Waals surface area contributed by atoms with Gasteiger partial charge in [-0.05, 0) is 0 Å². The average Bonchev–Trinajstić information content (AvgIpc) is 3.06. The molecule has 0 saturated carbocycles. The maximum Gasteiger partial charge on any atom is 0.215 e. The Hall–Kier alpha value is -1.23. The lowest BCUT2D eigenvalue weighted by Crippen LogP contribution is -2.42. The highest BCUT2D eigenvalue weighted by Gasteiger charge is 2.24. The summed E-state index contributed by atoms with van der Waals surface area (Å²) in [4.78, 5) is 5.38. The van der Waals surface area contributed by atoms with Gasteiger partial charge in [-0.2, -0.15) is 4.31 Å². The van der Waals surface area contributed by atoms with E-state index in [0.29, 0.717) is 38.0 Å². The van der Waals surface area contributed by atoms with Crippen LogP contribution >= 0.6 is 11.3 Å². The molecule has 0 radical (unpaired) electrons. The molecule has 1 N–H and O–H groups in total. The predicted octanol–water partition coefficient (Wildman–Crippen LogP) is 1.16. The predicted molar refractivity (Wildman–Crippen MR) is 94.2 cm³/mol. The van der Waals surface area contributed by atoms with Crippen LogP contribution < -0.4 is 5.32 Å². The van der Waals surface area contributed by atoms with Gasteiger partial charge in [0, 0.05) is 25.0 Å². The Morgan fingerprint density at radius 2 is 2.04 bits per heavy atom. The third-order valence-corrected chi connectivity index (χ3v) is 6.56. The van der Waals surface area contributed by atoms with E-state index in [1.807, 2.05) is 6.20 Å². The highest BCUT2D eigenvalue weighted by atomic mass is 32.2. The molecule has 134 valence electrons. The van der Waals surface area contributed by atoms with Crippen LogP contribution in [0.1, 0.15) is 26.5 Å². The fourth-order valence-corrected chi connectivity index (χ4v) is 4.50. The molecule has 0 aromatic carbocycles. The van der Waals surface area contributed by atoms with Crippen molar-refractivity contribution in [2.45, 2.75) is 26.2 Å². The molecule has 1 saturated heterocycles. The van der Waals surface area contributed by atoms with E-state index in [-0.39, 0.29) is 11.2 Å². The first-order valence-electron chi connectivity index (χ1n) is 7.92. The SMILES string of the molecule is CC(C)(C)c1cn2nc(NCCS(=O)(=O)N3CCOCC3)sc2n1. The Morgan fingerprint density at radius 3 is 2.67 bits per heavy atom. The number of hydrogen-bond donors (Lipinski definition) is 1. The number of fused-ring (bicyclic) bond motifs is 1. The number of nitrogens with one attached hydrogen (secondary N) is 1. The van der Waals surface area contributed by atoms with Crippen LogP contribution in [-0.2, 0) is 20.2 Å². The van der Waals surface area contributed by atoms with Crippen LogP contribution in [0, 0.1) is 0 Å². The Morgan fingerprint density at radius 1 is 1.33 bits per heavy atom. The van der Waals surface area contributed by atoms with Crippen molar-refractivity contribution in [1.29, 1.82) is 0 Å². The molecule has 2 aromatic rings. The number of hydrogen-bond acceptors (Lipinski definition) is 7. The van der Waals surface area contributed by atoms with Gasteiger partial charge < -0.3 is 10.1 Å². The minimum atomic E-state index is -3.25. The Kier molecular flexibility index (Phi) is 4.82. The second-order valence-electron chi connectivity index (χ2n) is 6.76. The average molecular weight is 374 g/mol. The lowest BCUT2D eigenvalue weighted by molar-refractivity contribution is 0.0731. The van der Waals surface area contributed by atoms with Crippen molar-refractivity contribution in [3.63, 3.8) is 0 Å². The molecule has 3 rings (SSSR count). The van der Waals surface area contributed by atoms with Crippen molar-refractivity contribution >= 4 is 31.5 Å². The molecule has 2 aromatic heterocycles. The summed E-state index contributed by atoms with van der Waals surface area (Å²) >= 11 is 1.42. The molecule has 1 aliphatic rings. The maximum absolute atomic E-state index is 12.2. The number of rotatable bonds is 5. The molecule has 1 fully saturated rings. The quantitative estimate of drug-likeness (QED) is 0.846. The maximum atomic E-state index is 12.2. The van der Waals surface area contributed by atoms with Crippen LogP contribution in [-0.4, -0.2) is 65.9 Å². The largest absolute Gasteiger partial charge is 0.379 e. The van der Waals surface area contributed by atoms with Crippen LogP contribution in [0.25, 0.3) is 4.96 Å². The van der Waals surface area contributed by atoms with Crippen molar-refractivity contribution in [3.05, 3.63) is 11.9 Å². The molecule has 1 aliphatic heterocycles. The summed E-state index contributed by atoms with van der Waals surface area (Å²) in [6.45, 7) is 8.44. The Labute approximate surface area is 145 Å². The molecule has 0 atom stereocenters. The molecule has 0 spiro atoms. The number of sulfonamides is 1. The molecular formula is C14H23N5O3S2. The fourth-order valence-electron chi connectivity index (χ4n) is 2.37. The van der Waals surface area contributed by atoms with Crippen LogP contribution in [0.4, 0.5) is 5.13 Å². The fraction of sp³-hybridized carbons (Fsp3) is 0.714. The van der Waals surface area contributed by atoms with Crippen molar-refractivity contribution in [2.75, 3.05) is 43.9 Å². The number of ether oxygens (including phenoxy) is 1. The molecular weight excluding hydrogens is 350 g/mol. The summed E-state index contributed by atoms with van der Waals surface area (Å²) in [6, 6.07) is 0. The minimum absolute atomic E-state index is 0.0206. The summed E-state index contributed by atoms with van der Waals surface area (Å²) in [5.74, 6) is 0.0438. The van der Waals surface area contributed by atoms with Gasteiger partial charge in [-0.1, -0.05) is 32.1 Å². The highest BCUT2D eigenvalue weighted by molar-refractivity contribution is 7.89. The van der Waals surface area contributed by atoms with Crippen molar-refractivity contribution in [2.24, 2.45) is 0 Å². The summed E-state index contributed by atoms with van der Waals surface area (Å²) in [5.41, 5.74) is 0.968. The smallest absolute Gasteiger partial charge is 0.215 e. The van der Waals surface area contributed by atoms with Gasteiger partial charge in [0.05, 0.1) is 30.9 Å². The topological polar surface area (TPSA) is 88.8 Å². The van der Waals surface area contributed by atoms with Gasteiger partial charge in [-0.25, -0.2) is 17.9 Å². The second kappa shape index (κ2) is 6.58. The highest BCUT2D eigenvalue weighted by Crippen LogP contribution is 2.25. The second-order valence-corrected chi connectivity index (χ2v) is 9.81. The van der Waals surface area contributed by atoms with Crippen LogP contribution in [0.15, 0.2) is 6.20 Å². The molecule has 8 nitrogen and oxygen atoms in total. The third-order valence-electron chi connectivity index (χ3n) is 3.81. The normalized spacial score (nSPS) is 17.5. The van der Waals surface area contributed by atoms with Gasteiger partial charge in [0.25, 0.3) is 0 Å². The van der Waals surface area contributed by atoms with E-state index in [2.05, 4.69) is 36.2 Å². The summed E-state index contributed by atoms with van der Waals surface area (Å²) in [7, 11) is -3.25. The molecule has 0 bridgehead atoms. The number of nitrogens with zero attached hydrogens (tertiary/aromatic N) is 4. The zero-order chi connectivity index (χ0) is 17.4. The van der Waals surface area contributed by atoms with Gasteiger partial charge >= 0.3 is 0 Å². The van der Waals surface area contributed by atoms with Gasteiger partial charge in [-0.3, -0.25) is 0 Å². The monoisotopic (exact) mass is 373 g/mol. The molecule has 0 aliphatic carbocycles. The van der Waals surface area contributed by atoms with Gasteiger partial charge in [0.1, 0.15) is 0 Å². The Bertz CT molecular complexity index is 769. The lowest BCUT2D eigenvalue weighted by Gasteiger charge is -2.25. The van der Waals surface area contributed by atoms with E-state index in [0.717, 1.165) is 10.7 Å². The first kappa shape index (κ1) is 17.6. The van der Waals surface area contributed by atoms with Gasteiger partial charge in [-0.15, -0.1) is 5.10 Å². The van der Waals surface area contributed by atoms with Gasteiger partial charge in [0.2, 0.25) is 20.1 Å². The first-order chi connectivity index (χ1) is 11.3. The van der Waals surface area contributed by atoms with Crippen LogP contribution in [0.5, 0.6) is 0 Å². The van der Waals surface area contributed by atoms with E-state index in [1.54, 1.807) is 4.52 Å². The minimum Gasteiger partial charge on any atom is -0.379 e. The third kappa shape index (κ3) is 3.88. The van der Waals surface area contributed by atoms with Crippen LogP contribution in [0.3, 0.4) is 0 Å². The lowest BCUT2D eigenvalue weighted by atomic mass is 9.93. The molecule has 10 heteroatoms. The van der Waals surface area contributed by atoms with E-state index in [4.69, 9.17) is 4.74 Å². The van der Waals surface area contributed by atoms with E-state index in [9.17, 15) is 8.42 Å². The molecule has 0 unspecified atom stereocenters. The van der Waals surface area contributed by atoms with E-state index < -0.39 is 10.0 Å². The number of anilines is 1. The van der Waals surface area contributed by atoms with Crippen molar-refractivity contribution in [3.8, 4) is 0 Å². The summed E-state index contributed by atoms with van der Waals surface area (Å²) in [5, 5.41) is 8.17. The van der Waals surface area contributed by atoms with Crippen LogP contribution in [0.2, 0.25) is 0 Å². The summed E-state index contributed by atoms with van der Waals surface area (Å²) < 4.78 is 32.9. The molecule has 0 amide bonds. The molecule has 24 heavy (non-hydrogen) atoms. The standard InChI is InChI=1S/C14H23N5O3S2/c1-14(2,3)11-10-19-13(16-11)23-12(17-19)15-4-9-24(20,21)18-5-7-22-8-6-18/h10H,4-9H2,1-3H3,(H,15,17). The Balaban J connectivity index is 1.58. The van der Waals surface area contributed by atoms with Crippen molar-refractivity contribution in [1.82, 2.24) is 18.9 Å².